The molecule has 3 aliphatic rings. The maximum Gasteiger partial charge on any atom is 0.229 e. The number of carbonyl (C=O) groups excluding carboxylic acids is 2. The van der Waals surface area contributed by atoms with Crippen molar-refractivity contribution in [3.05, 3.63) is 23.8 Å². The molecule has 6 nitrogen and oxygen atoms in total. The van der Waals surface area contributed by atoms with Crippen LogP contribution < -0.4 is 10.6 Å². The van der Waals surface area contributed by atoms with Gasteiger partial charge in [-0.2, -0.15) is 0 Å². The number of rotatable bonds is 2. The number of aromatic nitrogens is 1. The second kappa shape index (κ2) is 6.27. The van der Waals surface area contributed by atoms with Crippen molar-refractivity contribution >= 4 is 38.5 Å². The number of fused-ring (bicyclic) bond motifs is 3. The van der Waals surface area contributed by atoms with Gasteiger partial charge in [-0.05, 0) is 49.3 Å². The van der Waals surface area contributed by atoms with Gasteiger partial charge in [0.1, 0.15) is 0 Å². The number of thiazole rings is 1. The summed E-state index contributed by atoms with van der Waals surface area (Å²) in [4.78, 5) is 34.0. The lowest BCUT2D eigenvalue weighted by Gasteiger charge is -2.37. The minimum atomic E-state index is -0.264. The van der Waals surface area contributed by atoms with Crippen molar-refractivity contribution in [1.29, 1.82) is 0 Å². The first kappa shape index (κ1) is 17.1. The molecule has 2 bridgehead atoms. The zero-order valence-corrected chi connectivity index (χ0v) is 16.2. The lowest BCUT2D eigenvalue weighted by atomic mass is 9.92. The number of carbonyl (C=O) groups is 2. The van der Waals surface area contributed by atoms with E-state index in [2.05, 4.69) is 11.1 Å². The van der Waals surface area contributed by atoms with Crippen molar-refractivity contribution in [1.82, 2.24) is 9.88 Å². The Morgan fingerprint density at radius 1 is 1.22 bits per heavy atom. The van der Waals surface area contributed by atoms with Crippen molar-refractivity contribution in [3.8, 4) is 0 Å². The fourth-order valence-corrected chi connectivity index (χ4v) is 5.99. The van der Waals surface area contributed by atoms with E-state index in [1.807, 2.05) is 24.0 Å². The highest BCUT2D eigenvalue weighted by atomic mass is 32.1. The first-order valence-electron chi connectivity index (χ1n) is 9.71. The van der Waals surface area contributed by atoms with Gasteiger partial charge in [0.05, 0.1) is 16.1 Å². The topological polar surface area (TPSA) is 79.5 Å². The average molecular weight is 385 g/mol. The van der Waals surface area contributed by atoms with Crippen LogP contribution in [0.15, 0.2) is 18.2 Å². The number of nitrogens with zero attached hydrogens (tertiary/aromatic N) is 3. The molecular weight excluding hydrogens is 360 g/mol. The lowest BCUT2D eigenvalue weighted by molar-refractivity contribution is -0.138. The molecule has 3 heterocycles. The van der Waals surface area contributed by atoms with Crippen molar-refractivity contribution in [3.63, 3.8) is 0 Å². The number of benzene rings is 1. The van der Waals surface area contributed by atoms with Gasteiger partial charge in [-0.15, -0.1) is 0 Å². The Morgan fingerprint density at radius 3 is 2.70 bits per heavy atom. The molecule has 142 valence electrons. The Hall–Kier alpha value is -1.99. The molecule has 2 amide bonds. The Morgan fingerprint density at radius 2 is 1.96 bits per heavy atom. The molecule has 2 unspecified atom stereocenters. The van der Waals surface area contributed by atoms with Crippen LogP contribution in [0, 0.1) is 24.7 Å². The first-order chi connectivity index (χ1) is 13.0. The Bertz CT molecular complexity index is 912. The molecule has 7 heteroatoms. The lowest BCUT2D eigenvalue weighted by Crippen LogP contribution is -2.52. The number of aryl methyl sites for hydroxylation is 1. The van der Waals surface area contributed by atoms with Gasteiger partial charge in [-0.1, -0.05) is 17.4 Å². The van der Waals surface area contributed by atoms with Crippen molar-refractivity contribution in [2.24, 2.45) is 23.5 Å². The first-order valence-corrected chi connectivity index (χ1v) is 10.5. The van der Waals surface area contributed by atoms with Crippen LogP contribution in [0.25, 0.3) is 10.2 Å². The fraction of sp³-hybridized carbons (Fsp3) is 0.550. The zero-order chi connectivity index (χ0) is 18.7. The molecule has 0 radical (unpaired) electrons. The van der Waals surface area contributed by atoms with E-state index in [0.29, 0.717) is 23.5 Å². The smallest absolute Gasteiger partial charge is 0.229 e. The Kier molecular flexibility index (Phi) is 3.98. The Balaban J connectivity index is 1.33. The minimum absolute atomic E-state index is 0.000751. The Labute approximate surface area is 162 Å². The normalized spacial score (nSPS) is 30.5. The molecule has 2 saturated heterocycles. The fourth-order valence-electron chi connectivity index (χ4n) is 4.90. The molecule has 1 aromatic carbocycles. The molecule has 27 heavy (non-hydrogen) atoms. The molecule has 2 aliphatic heterocycles. The van der Waals surface area contributed by atoms with Crippen LogP contribution in [-0.2, 0) is 9.59 Å². The summed E-state index contributed by atoms with van der Waals surface area (Å²) in [6, 6.07) is 6.34. The maximum absolute atomic E-state index is 13.1. The second-order valence-electron chi connectivity index (χ2n) is 8.29. The molecule has 4 atom stereocenters. The van der Waals surface area contributed by atoms with Gasteiger partial charge in [-0.3, -0.25) is 14.5 Å². The van der Waals surface area contributed by atoms with Crippen LogP contribution in [0.4, 0.5) is 5.13 Å². The molecule has 0 spiro atoms. The molecule has 1 saturated carbocycles. The van der Waals surface area contributed by atoms with E-state index in [1.54, 1.807) is 4.90 Å². The van der Waals surface area contributed by atoms with Crippen LogP contribution in [0.2, 0.25) is 0 Å². The summed E-state index contributed by atoms with van der Waals surface area (Å²) < 4.78 is 1.08. The molecule has 1 aromatic heterocycles. The number of hydrogen-bond acceptors (Lipinski definition) is 5. The molecular formula is C20H24N4O2S. The SMILES string of the molecule is Cc1ccc2nc(N3CC(C(=O)N4C[C@H]5CC[C@@H](C4)C5N)CC3=O)sc2c1. The minimum Gasteiger partial charge on any atom is -0.342 e. The van der Waals surface area contributed by atoms with E-state index < -0.39 is 0 Å². The summed E-state index contributed by atoms with van der Waals surface area (Å²) in [6.45, 7) is 3.99. The highest BCUT2D eigenvalue weighted by molar-refractivity contribution is 7.22. The number of nitrogens with two attached hydrogens (primary N) is 1. The average Bonchev–Trinajstić information content (AvgIpc) is 3.27. The molecule has 5 rings (SSSR count). The van der Waals surface area contributed by atoms with E-state index in [9.17, 15) is 9.59 Å². The molecule has 2 N–H and O–H groups in total. The van der Waals surface area contributed by atoms with Gasteiger partial charge in [0.25, 0.3) is 0 Å². The number of hydrogen-bond donors (Lipinski definition) is 1. The van der Waals surface area contributed by atoms with Gasteiger partial charge in [-0.25, -0.2) is 4.98 Å². The van der Waals surface area contributed by atoms with Crippen molar-refractivity contribution in [2.45, 2.75) is 32.2 Å². The van der Waals surface area contributed by atoms with Crippen LogP contribution in [0.1, 0.15) is 24.8 Å². The number of anilines is 1. The van der Waals surface area contributed by atoms with Gasteiger partial charge in [0, 0.05) is 32.1 Å². The number of piperidine rings is 1. The van der Waals surface area contributed by atoms with Crippen LogP contribution >= 0.6 is 11.3 Å². The third kappa shape index (κ3) is 2.84. The third-order valence-electron chi connectivity index (χ3n) is 6.46. The third-order valence-corrected chi connectivity index (χ3v) is 7.50. The van der Waals surface area contributed by atoms with E-state index >= 15 is 0 Å². The van der Waals surface area contributed by atoms with E-state index in [0.717, 1.165) is 36.1 Å². The monoisotopic (exact) mass is 384 g/mol. The summed E-state index contributed by atoms with van der Waals surface area (Å²) in [5, 5.41) is 0.705. The summed E-state index contributed by atoms with van der Waals surface area (Å²) in [7, 11) is 0. The highest BCUT2D eigenvalue weighted by Gasteiger charge is 2.44. The molecule has 2 aromatic rings. The van der Waals surface area contributed by atoms with E-state index in [1.165, 1.54) is 16.9 Å². The van der Waals surface area contributed by atoms with Crippen LogP contribution in [-0.4, -0.2) is 47.4 Å². The van der Waals surface area contributed by atoms with Crippen LogP contribution in [0.5, 0.6) is 0 Å². The van der Waals surface area contributed by atoms with Crippen molar-refractivity contribution < 1.29 is 9.59 Å². The highest BCUT2D eigenvalue weighted by Crippen LogP contribution is 2.38. The zero-order valence-electron chi connectivity index (χ0n) is 15.4. The summed E-state index contributed by atoms with van der Waals surface area (Å²) in [5.41, 5.74) is 8.34. The van der Waals surface area contributed by atoms with Gasteiger partial charge < -0.3 is 10.6 Å². The summed E-state index contributed by atoms with van der Waals surface area (Å²) in [6.07, 6.45) is 2.53. The maximum atomic E-state index is 13.1. The number of amides is 2. The van der Waals surface area contributed by atoms with Gasteiger partial charge in [0.2, 0.25) is 11.8 Å². The quantitative estimate of drug-likeness (QED) is 0.860. The predicted molar refractivity (Wildman–Crippen MR) is 106 cm³/mol. The molecule has 1 aliphatic carbocycles. The number of likely N-dealkylation sites (tertiary alicyclic amines) is 1. The van der Waals surface area contributed by atoms with Gasteiger partial charge in [0.15, 0.2) is 5.13 Å². The summed E-state index contributed by atoms with van der Waals surface area (Å²) >= 11 is 1.53. The largest absolute Gasteiger partial charge is 0.342 e. The second-order valence-corrected chi connectivity index (χ2v) is 9.30. The van der Waals surface area contributed by atoms with E-state index in [4.69, 9.17) is 5.73 Å². The predicted octanol–water partition coefficient (Wildman–Crippen LogP) is 2.15. The van der Waals surface area contributed by atoms with Gasteiger partial charge >= 0.3 is 0 Å². The molecule has 3 fully saturated rings. The summed E-state index contributed by atoms with van der Waals surface area (Å²) in [5.74, 6) is 0.703. The van der Waals surface area contributed by atoms with Crippen LogP contribution in [0.3, 0.4) is 0 Å². The van der Waals surface area contributed by atoms with E-state index in [-0.39, 0.29) is 30.2 Å². The van der Waals surface area contributed by atoms with Crippen molar-refractivity contribution in [2.75, 3.05) is 24.5 Å². The standard InChI is InChI=1S/C20H24N4O2S/c1-11-2-5-15-16(6-11)27-20(22-15)24-10-14(7-17(24)25)19(26)23-8-12-3-4-13(9-23)18(12)21/h2,5-6,12-14,18H,3-4,7-10,21H2,1H3/t12-,13+,14?,18?.